The lowest BCUT2D eigenvalue weighted by Gasteiger charge is -2.24. The van der Waals surface area contributed by atoms with Crippen molar-refractivity contribution in [3.05, 3.63) is 69.3 Å². The minimum Gasteiger partial charge on any atom is -0.206 e. The van der Waals surface area contributed by atoms with E-state index in [0.29, 0.717) is 11.8 Å². The summed E-state index contributed by atoms with van der Waals surface area (Å²) in [6, 6.07) is 10.7. The molecule has 0 bridgehead atoms. The van der Waals surface area contributed by atoms with E-state index in [2.05, 4.69) is 26.0 Å². The number of allylic oxidation sites excluding steroid dienone is 4. The molecule has 1 aromatic carbocycles. The van der Waals surface area contributed by atoms with Crippen molar-refractivity contribution in [3.8, 4) is 16.5 Å². The van der Waals surface area contributed by atoms with E-state index in [4.69, 9.17) is 16.9 Å². The fraction of sp³-hybridized carbons (Fsp3) is 0.250. The fourth-order valence-corrected chi connectivity index (χ4v) is 4.21. The molecule has 0 N–H and O–H groups in total. The molecule has 1 heterocycles. The third-order valence-corrected chi connectivity index (χ3v) is 6.09. The lowest BCUT2D eigenvalue weighted by molar-refractivity contribution is 0.512. The van der Waals surface area contributed by atoms with E-state index in [-0.39, 0.29) is 5.56 Å². The Bertz CT molecular complexity index is 872. The summed E-state index contributed by atoms with van der Waals surface area (Å²) in [5.74, 6) is 0.424. The minimum absolute atomic E-state index is 0.0769. The second-order valence-corrected chi connectivity index (χ2v) is 7.70. The van der Waals surface area contributed by atoms with Crippen LogP contribution in [-0.2, 0) is 6.42 Å². The van der Waals surface area contributed by atoms with E-state index >= 15 is 0 Å². The van der Waals surface area contributed by atoms with E-state index < -0.39 is 5.82 Å². The maximum absolute atomic E-state index is 13.5. The SMILES string of the molecule is CC1C(Cc2ccc(-c3ccc(F)c(C#N)c3)s2)=C(Cl)C=C[C@@H]1C. The summed E-state index contributed by atoms with van der Waals surface area (Å²) >= 11 is 8.05. The minimum atomic E-state index is -0.480. The third kappa shape index (κ3) is 3.31. The summed E-state index contributed by atoms with van der Waals surface area (Å²) in [5.41, 5.74) is 2.21. The van der Waals surface area contributed by atoms with Gasteiger partial charge in [-0.1, -0.05) is 37.6 Å². The molecule has 1 aliphatic rings. The molecule has 0 saturated carbocycles. The monoisotopic (exact) mass is 357 g/mol. The van der Waals surface area contributed by atoms with E-state index in [9.17, 15) is 4.39 Å². The number of thiophene rings is 1. The normalized spacial score (nSPS) is 20.3. The molecule has 2 atom stereocenters. The first-order valence-electron chi connectivity index (χ1n) is 7.85. The molecule has 1 nitrogen and oxygen atoms in total. The Kier molecular flexibility index (Phi) is 4.89. The van der Waals surface area contributed by atoms with Crippen LogP contribution in [0, 0.1) is 29.0 Å². The Labute approximate surface area is 150 Å². The Hall–Kier alpha value is -1.89. The average Bonchev–Trinajstić information content (AvgIpc) is 3.04. The standard InChI is InChI=1S/C20H17ClFNS/c1-12-3-6-18(21)17(13(12)2)10-16-5-8-20(24-16)14-4-7-19(22)15(9-14)11-23/h3-9,12-13H,10H2,1-2H3/t12-,13?/m0/s1. The molecule has 2 aromatic rings. The molecule has 1 aliphatic carbocycles. The van der Waals surface area contributed by atoms with Gasteiger partial charge in [0.05, 0.1) is 5.56 Å². The van der Waals surface area contributed by atoms with E-state index in [1.54, 1.807) is 23.5 Å². The molecule has 0 radical (unpaired) electrons. The maximum Gasteiger partial charge on any atom is 0.140 e. The Morgan fingerprint density at radius 2 is 2.04 bits per heavy atom. The van der Waals surface area contributed by atoms with Gasteiger partial charge in [0, 0.05) is 21.2 Å². The van der Waals surface area contributed by atoms with Crippen LogP contribution in [0.4, 0.5) is 4.39 Å². The topological polar surface area (TPSA) is 23.8 Å². The van der Waals surface area contributed by atoms with Gasteiger partial charge in [-0.3, -0.25) is 0 Å². The predicted octanol–water partition coefficient (Wildman–Crippen LogP) is 6.30. The Morgan fingerprint density at radius 3 is 2.79 bits per heavy atom. The highest BCUT2D eigenvalue weighted by molar-refractivity contribution is 7.15. The second-order valence-electron chi connectivity index (χ2n) is 6.13. The smallest absolute Gasteiger partial charge is 0.140 e. The van der Waals surface area contributed by atoms with Crippen LogP contribution in [0.25, 0.3) is 10.4 Å². The first kappa shape index (κ1) is 17.0. The maximum atomic E-state index is 13.5. The lowest BCUT2D eigenvalue weighted by Crippen LogP contribution is -2.14. The molecule has 0 aliphatic heterocycles. The average molecular weight is 358 g/mol. The Morgan fingerprint density at radius 1 is 1.25 bits per heavy atom. The van der Waals surface area contributed by atoms with Gasteiger partial charge in [-0.2, -0.15) is 5.26 Å². The zero-order valence-corrected chi connectivity index (χ0v) is 15.1. The molecular weight excluding hydrogens is 341 g/mol. The summed E-state index contributed by atoms with van der Waals surface area (Å²) in [4.78, 5) is 2.25. The first-order valence-corrected chi connectivity index (χ1v) is 9.04. The molecule has 3 rings (SSSR count). The quantitative estimate of drug-likeness (QED) is 0.632. The number of halogens is 2. The van der Waals surface area contributed by atoms with Crippen molar-refractivity contribution >= 4 is 22.9 Å². The summed E-state index contributed by atoms with van der Waals surface area (Å²) < 4.78 is 13.5. The van der Waals surface area contributed by atoms with Gasteiger partial charge in [0.25, 0.3) is 0 Å². The van der Waals surface area contributed by atoms with Crippen LogP contribution in [0.5, 0.6) is 0 Å². The summed E-state index contributed by atoms with van der Waals surface area (Å²) in [6.45, 7) is 4.41. The van der Waals surface area contributed by atoms with Crippen LogP contribution < -0.4 is 0 Å². The molecule has 122 valence electrons. The number of rotatable bonds is 3. The number of nitriles is 1. The molecule has 0 fully saturated rings. The second kappa shape index (κ2) is 6.93. The van der Waals surface area contributed by atoms with Crippen molar-refractivity contribution in [2.45, 2.75) is 20.3 Å². The zero-order valence-electron chi connectivity index (χ0n) is 13.5. The van der Waals surface area contributed by atoms with Crippen molar-refractivity contribution in [1.29, 1.82) is 5.26 Å². The molecule has 1 unspecified atom stereocenters. The molecule has 0 amide bonds. The van der Waals surface area contributed by atoms with Crippen molar-refractivity contribution in [2.75, 3.05) is 0 Å². The first-order chi connectivity index (χ1) is 11.5. The summed E-state index contributed by atoms with van der Waals surface area (Å²) in [6.07, 6.45) is 4.97. The van der Waals surface area contributed by atoms with Crippen LogP contribution >= 0.6 is 22.9 Å². The van der Waals surface area contributed by atoms with E-state index in [0.717, 1.165) is 21.9 Å². The largest absolute Gasteiger partial charge is 0.206 e. The van der Waals surface area contributed by atoms with Crippen molar-refractivity contribution in [3.63, 3.8) is 0 Å². The zero-order chi connectivity index (χ0) is 17.3. The van der Waals surface area contributed by atoms with Crippen LogP contribution in [0.2, 0.25) is 0 Å². The van der Waals surface area contributed by atoms with Crippen molar-refractivity contribution in [1.82, 2.24) is 0 Å². The molecule has 24 heavy (non-hydrogen) atoms. The van der Waals surface area contributed by atoms with Crippen molar-refractivity contribution in [2.24, 2.45) is 11.8 Å². The lowest BCUT2D eigenvalue weighted by atomic mass is 9.83. The van der Waals surface area contributed by atoms with Crippen molar-refractivity contribution < 1.29 is 4.39 Å². The predicted molar refractivity (Wildman–Crippen MR) is 98.5 cm³/mol. The van der Waals surface area contributed by atoms with Gasteiger partial charge in [-0.05, 0) is 53.3 Å². The molecule has 1 aromatic heterocycles. The molecular formula is C20H17ClFNS. The highest BCUT2D eigenvalue weighted by Gasteiger charge is 2.21. The van der Waals surface area contributed by atoms with Crippen LogP contribution in [-0.4, -0.2) is 0 Å². The van der Waals surface area contributed by atoms with E-state index in [1.807, 2.05) is 18.2 Å². The third-order valence-electron chi connectivity index (χ3n) is 4.59. The molecule has 0 spiro atoms. The van der Waals surface area contributed by atoms with Gasteiger partial charge in [-0.25, -0.2) is 4.39 Å². The van der Waals surface area contributed by atoms with Gasteiger partial charge in [0.15, 0.2) is 0 Å². The van der Waals surface area contributed by atoms with Crippen LogP contribution in [0.3, 0.4) is 0 Å². The van der Waals surface area contributed by atoms with Gasteiger partial charge >= 0.3 is 0 Å². The highest BCUT2D eigenvalue weighted by atomic mass is 35.5. The highest BCUT2D eigenvalue weighted by Crippen LogP contribution is 2.36. The van der Waals surface area contributed by atoms with Gasteiger partial charge in [-0.15, -0.1) is 11.3 Å². The Balaban J connectivity index is 1.87. The van der Waals surface area contributed by atoms with Crippen LogP contribution in [0.1, 0.15) is 24.3 Å². The number of nitrogens with zero attached hydrogens (tertiary/aromatic N) is 1. The number of hydrogen-bond acceptors (Lipinski definition) is 2. The number of hydrogen-bond donors (Lipinski definition) is 0. The fourth-order valence-electron chi connectivity index (χ4n) is 2.87. The van der Waals surface area contributed by atoms with Gasteiger partial charge < -0.3 is 0 Å². The molecule has 0 saturated heterocycles. The summed E-state index contributed by atoms with van der Waals surface area (Å²) in [5, 5.41) is 9.82. The van der Waals surface area contributed by atoms with E-state index in [1.165, 1.54) is 16.5 Å². The van der Waals surface area contributed by atoms with Gasteiger partial charge in [0.1, 0.15) is 11.9 Å². The van der Waals surface area contributed by atoms with Gasteiger partial charge in [0.2, 0.25) is 0 Å². The van der Waals surface area contributed by atoms with Crippen LogP contribution in [0.15, 0.2) is 53.1 Å². The number of benzene rings is 1. The summed E-state index contributed by atoms with van der Waals surface area (Å²) in [7, 11) is 0. The molecule has 4 heteroatoms.